The van der Waals surface area contributed by atoms with E-state index in [1.165, 1.54) is 0 Å². The van der Waals surface area contributed by atoms with Crippen LogP contribution in [0.5, 0.6) is 0 Å². The summed E-state index contributed by atoms with van der Waals surface area (Å²) in [5.41, 5.74) is -0.496. The number of nitrogens with zero attached hydrogens (tertiary/aromatic N) is 1. The van der Waals surface area contributed by atoms with Crippen molar-refractivity contribution in [2.45, 2.75) is 46.6 Å². The van der Waals surface area contributed by atoms with E-state index in [2.05, 4.69) is 25.2 Å². The van der Waals surface area contributed by atoms with Crippen LogP contribution in [-0.2, 0) is 4.74 Å². The van der Waals surface area contributed by atoms with Crippen molar-refractivity contribution in [1.29, 1.82) is 5.26 Å². The van der Waals surface area contributed by atoms with Gasteiger partial charge in [-0.15, -0.1) is 0 Å². The number of hydrogen-bond donors (Lipinski definition) is 1. The molecule has 0 aliphatic heterocycles. The molecule has 1 unspecified atom stereocenters. The number of rotatable bonds is 4. The predicted molar refractivity (Wildman–Crippen MR) is 62.8 cm³/mol. The number of carbonyl (C=O) groups excluding carboxylic acids is 1. The van der Waals surface area contributed by atoms with Gasteiger partial charge < -0.3 is 10.1 Å². The number of amides is 1. The fourth-order valence-corrected chi connectivity index (χ4v) is 1.27. The maximum Gasteiger partial charge on any atom is 0.407 e. The lowest BCUT2D eigenvalue weighted by Crippen LogP contribution is -2.35. The molecule has 0 bridgehead atoms. The van der Waals surface area contributed by atoms with E-state index in [1.807, 2.05) is 20.8 Å². The summed E-state index contributed by atoms with van der Waals surface area (Å²) in [6.45, 7) is 9.88. The smallest absolute Gasteiger partial charge is 0.407 e. The van der Waals surface area contributed by atoms with Crippen molar-refractivity contribution in [3.63, 3.8) is 0 Å². The second kappa shape index (κ2) is 6.37. The van der Waals surface area contributed by atoms with Crippen LogP contribution < -0.4 is 5.32 Å². The fourth-order valence-electron chi connectivity index (χ4n) is 1.27. The summed E-state index contributed by atoms with van der Waals surface area (Å²) in [6, 6.07) is 2.18. The molecule has 0 aromatic rings. The SMILES string of the molecule is CC(C)CC(C#N)CNC(=O)OC(C)(C)C. The zero-order valence-corrected chi connectivity index (χ0v) is 10.8. The summed E-state index contributed by atoms with van der Waals surface area (Å²) in [6.07, 6.45) is 0.322. The minimum Gasteiger partial charge on any atom is -0.444 e. The van der Waals surface area contributed by atoms with Gasteiger partial charge in [0.15, 0.2) is 0 Å². The van der Waals surface area contributed by atoms with E-state index >= 15 is 0 Å². The van der Waals surface area contributed by atoms with Crippen LogP contribution in [0.3, 0.4) is 0 Å². The lowest BCUT2D eigenvalue weighted by molar-refractivity contribution is 0.0521. The number of carbonyl (C=O) groups is 1. The number of nitriles is 1. The summed E-state index contributed by atoms with van der Waals surface area (Å²) < 4.78 is 5.08. The van der Waals surface area contributed by atoms with Gasteiger partial charge in [0.1, 0.15) is 5.60 Å². The van der Waals surface area contributed by atoms with Crippen LogP contribution in [-0.4, -0.2) is 18.2 Å². The molecule has 0 aliphatic carbocycles. The molecule has 4 nitrogen and oxygen atoms in total. The Bertz CT molecular complexity index is 261. The number of nitrogens with one attached hydrogen (secondary N) is 1. The molecule has 16 heavy (non-hydrogen) atoms. The first-order chi connectivity index (χ1) is 7.24. The molecule has 0 heterocycles. The number of hydrogen-bond acceptors (Lipinski definition) is 3. The minimum atomic E-state index is -0.496. The van der Waals surface area contributed by atoms with E-state index in [0.29, 0.717) is 12.5 Å². The van der Waals surface area contributed by atoms with Crippen molar-refractivity contribution < 1.29 is 9.53 Å². The van der Waals surface area contributed by atoms with E-state index in [1.54, 1.807) is 0 Å². The first-order valence-electron chi connectivity index (χ1n) is 5.61. The lowest BCUT2D eigenvalue weighted by Gasteiger charge is -2.20. The average Bonchev–Trinajstić information content (AvgIpc) is 2.08. The highest BCUT2D eigenvalue weighted by Gasteiger charge is 2.17. The maximum atomic E-state index is 11.3. The molecule has 1 N–H and O–H groups in total. The second-order valence-electron chi connectivity index (χ2n) is 5.34. The monoisotopic (exact) mass is 226 g/mol. The molecule has 0 radical (unpaired) electrons. The van der Waals surface area contributed by atoms with E-state index in [9.17, 15) is 4.79 Å². The lowest BCUT2D eigenvalue weighted by atomic mass is 9.98. The van der Waals surface area contributed by atoms with E-state index in [4.69, 9.17) is 10.00 Å². The van der Waals surface area contributed by atoms with Gasteiger partial charge in [0.25, 0.3) is 0 Å². The van der Waals surface area contributed by atoms with Crippen LogP contribution in [0.15, 0.2) is 0 Å². The quantitative estimate of drug-likeness (QED) is 0.801. The summed E-state index contributed by atoms with van der Waals surface area (Å²) in [4.78, 5) is 11.3. The van der Waals surface area contributed by atoms with E-state index in [-0.39, 0.29) is 5.92 Å². The van der Waals surface area contributed by atoms with Gasteiger partial charge in [0, 0.05) is 6.54 Å². The van der Waals surface area contributed by atoms with Gasteiger partial charge in [0.05, 0.1) is 12.0 Å². The average molecular weight is 226 g/mol. The maximum absolute atomic E-state index is 11.3. The largest absolute Gasteiger partial charge is 0.444 e. The van der Waals surface area contributed by atoms with Crippen molar-refractivity contribution in [2.75, 3.05) is 6.54 Å². The fraction of sp³-hybridized carbons (Fsp3) is 0.833. The van der Waals surface area contributed by atoms with Crippen molar-refractivity contribution >= 4 is 6.09 Å². The molecule has 0 saturated heterocycles. The molecule has 0 aromatic carbocycles. The molecular formula is C12H22N2O2. The zero-order valence-electron chi connectivity index (χ0n) is 10.8. The second-order valence-corrected chi connectivity index (χ2v) is 5.34. The summed E-state index contributed by atoms with van der Waals surface area (Å²) in [7, 11) is 0. The molecule has 0 rings (SSSR count). The third-order valence-corrected chi connectivity index (χ3v) is 1.83. The van der Waals surface area contributed by atoms with Gasteiger partial charge >= 0.3 is 6.09 Å². The molecule has 1 amide bonds. The zero-order chi connectivity index (χ0) is 12.8. The molecule has 0 fully saturated rings. The molecular weight excluding hydrogens is 204 g/mol. The minimum absolute atomic E-state index is 0.146. The van der Waals surface area contributed by atoms with Gasteiger partial charge in [0.2, 0.25) is 0 Å². The van der Waals surface area contributed by atoms with Crippen LogP contribution >= 0.6 is 0 Å². The van der Waals surface area contributed by atoms with E-state index < -0.39 is 11.7 Å². The number of alkyl carbamates (subject to hydrolysis) is 1. The highest BCUT2D eigenvalue weighted by Crippen LogP contribution is 2.10. The van der Waals surface area contributed by atoms with Gasteiger partial charge in [-0.1, -0.05) is 13.8 Å². The predicted octanol–water partition coefficient (Wildman–Crippen LogP) is 2.70. The molecule has 4 heteroatoms. The molecule has 0 aromatic heterocycles. The summed E-state index contributed by atoms with van der Waals surface area (Å²) in [5.74, 6) is 0.303. The Balaban J connectivity index is 3.95. The third-order valence-electron chi connectivity index (χ3n) is 1.83. The highest BCUT2D eigenvalue weighted by molar-refractivity contribution is 5.67. The Hall–Kier alpha value is -1.24. The molecule has 0 spiro atoms. The van der Waals surface area contributed by atoms with Crippen LogP contribution in [0.2, 0.25) is 0 Å². The van der Waals surface area contributed by atoms with Gasteiger partial charge in [-0.25, -0.2) is 4.79 Å². The molecule has 92 valence electrons. The van der Waals surface area contributed by atoms with E-state index in [0.717, 1.165) is 6.42 Å². The highest BCUT2D eigenvalue weighted by atomic mass is 16.6. The summed E-state index contributed by atoms with van der Waals surface area (Å²) >= 11 is 0. The topological polar surface area (TPSA) is 62.1 Å². The van der Waals surface area contributed by atoms with Gasteiger partial charge in [-0.05, 0) is 33.1 Å². The Labute approximate surface area is 98.0 Å². The normalized spacial score (nSPS) is 13.1. The Morgan fingerprint density at radius 2 is 2.00 bits per heavy atom. The van der Waals surface area contributed by atoms with Crippen LogP contribution in [0.1, 0.15) is 41.0 Å². The Morgan fingerprint density at radius 1 is 1.44 bits per heavy atom. The van der Waals surface area contributed by atoms with Gasteiger partial charge in [-0.2, -0.15) is 5.26 Å². The number of ether oxygens (including phenoxy) is 1. The standard InChI is InChI=1S/C12H22N2O2/c1-9(2)6-10(7-13)8-14-11(15)16-12(3,4)5/h9-10H,6,8H2,1-5H3,(H,14,15). The van der Waals surface area contributed by atoms with Crippen molar-refractivity contribution in [3.8, 4) is 6.07 Å². The van der Waals surface area contributed by atoms with Crippen LogP contribution in [0.25, 0.3) is 0 Å². The van der Waals surface area contributed by atoms with Crippen LogP contribution in [0.4, 0.5) is 4.79 Å². The van der Waals surface area contributed by atoms with Crippen molar-refractivity contribution in [1.82, 2.24) is 5.32 Å². The molecule has 0 aliphatic rings. The Morgan fingerprint density at radius 3 is 2.38 bits per heavy atom. The van der Waals surface area contributed by atoms with Crippen molar-refractivity contribution in [2.24, 2.45) is 11.8 Å². The van der Waals surface area contributed by atoms with Crippen LogP contribution in [0, 0.1) is 23.2 Å². The van der Waals surface area contributed by atoms with Gasteiger partial charge in [-0.3, -0.25) is 0 Å². The Kier molecular flexibility index (Phi) is 5.87. The first kappa shape index (κ1) is 14.8. The molecule has 0 saturated carbocycles. The third kappa shape index (κ3) is 8.10. The first-order valence-corrected chi connectivity index (χ1v) is 5.61. The van der Waals surface area contributed by atoms with Crippen molar-refractivity contribution in [3.05, 3.63) is 0 Å². The summed E-state index contributed by atoms with van der Waals surface area (Å²) in [5, 5.41) is 11.5. The molecule has 1 atom stereocenters.